The molecule has 0 amide bonds. The Kier molecular flexibility index (Phi) is 2.83. The summed E-state index contributed by atoms with van der Waals surface area (Å²) in [6.07, 6.45) is 0. The third-order valence-electron chi connectivity index (χ3n) is 2.05. The summed E-state index contributed by atoms with van der Waals surface area (Å²) in [5.74, 6) is 1.11. The van der Waals surface area contributed by atoms with E-state index in [1.165, 1.54) is 0 Å². The first-order chi connectivity index (χ1) is 7.79. The van der Waals surface area contributed by atoms with Gasteiger partial charge in [-0.25, -0.2) is 0 Å². The number of para-hydroxylation sites is 1. The van der Waals surface area contributed by atoms with Gasteiger partial charge in [0.2, 0.25) is 5.89 Å². The van der Waals surface area contributed by atoms with Crippen LogP contribution in [0, 0.1) is 18.3 Å². The van der Waals surface area contributed by atoms with Crippen molar-refractivity contribution in [2.75, 3.05) is 5.32 Å². The number of nitrogens with zero attached hydrogens (tertiary/aromatic N) is 3. The Labute approximate surface area is 92.7 Å². The first-order valence-corrected chi connectivity index (χ1v) is 4.82. The van der Waals surface area contributed by atoms with Gasteiger partial charge < -0.3 is 9.84 Å². The van der Waals surface area contributed by atoms with Crippen molar-refractivity contribution < 1.29 is 4.52 Å². The largest absolute Gasteiger partial charge is 0.375 e. The fraction of sp³-hybridized carbons (Fsp3) is 0.182. The van der Waals surface area contributed by atoms with Gasteiger partial charge in [-0.2, -0.15) is 10.2 Å². The van der Waals surface area contributed by atoms with Crippen LogP contribution in [0.4, 0.5) is 5.69 Å². The summed E-state index contributed by atoms with van der Waals surface area (Å²) in [7, 11) is 0. The summed E-state index contributed by atoms with van der Waals surface area (Å²) in [4.78, 5) is 4.06. The highest BCUT2D eigenvalue weighted by Gasteiger charge is 2.04. The smallest absolute Gasteiger partial charge is 0.245 e. The van der Waals surface area contributed by atoms with Gasteiger partial charge in [0.15, 0.2) is 5.82 Å². The summed E-state index contributed by atoms with van der Waals surface area (Å²) in [5.41, 5.74) is 1.36. The molecular formula is C11H10N4O. The zero-order chi connectivity index (χ0) is 11.4. The molecule has 0 bridgehead atoms. The Morgan fingerprint density at radius 1 is 1.44 bits per heavy atom. The Morgan fingerprint density at radius 2 is 2.25 bits per heavy atom. The summed E-state index contributed by atoms with van der Waals surface area (Å²) in [5, 5.41) is 15.6. The molecule has 0 atom stereocenters. The van der Waals surface area contributed by atoms with Gasteiger partial charge in [-0.15, -0.1) is 0 Å². The van der Waals surface area contributed by atoms with Gasteiger partial charge in [-0.1, -0.05) is 17.3 Å². The van der Waals surface area contributed by atoms with Crippen molar-refractivity contribution in [3.8, 4) is 6.07 Å². The van der Waals surface area contributed by atoms with Gasteiger partial charge in [0.05, 0.1) is 17.8 Å². The molecule has 2 rings (SSSR count). The first kappa shape index (κ1) is 10.2. The van der Waals surface area contributed by atoms with Gasteiger partial charge in [-0.3, -0.25) is 0 Å². The van der Waals surface area contributed by atoms with Crippen LogP contribution in [0.1, 0.15) is 17.3 Å². The lowest BCUT2D eigenvalue weighted by atomic mass is 10.2. The van der Waals surface area contributed by atoms with Gasteiger partial charge >= 0.3 is 0 Å². The van der Waals surface area contributed by atoms with Crippen LogP contribution in [-0.4, -0.2) is 10.1 Å². The van der Waals surface area contributed by atoms with Gasteiger partial charge in [0.25, 0.3) is 0 Å². The molecule has 0 aliphatic carbocycles. The van der Waals surface area contributed by atoms with Crippen molar-refractivity contribution in [1.82, 2.24) is 10.1 Å². The highest BCUT2D eigenvalue weighted by Crippen LogP contribution is 2.14. The molecule has 1 aromatic carbocycles. The number of aromatic nitrogens is 2. The van der Waals surface area contributed by atoms with Crippen LogP contribution in [0.3, 0.4) is 0 Å². The number of aryl methyl sites for hydroxylation is 1. The van der Waals surface area contributed by atoms with Crippen LogP contribution >= 0.6 is 0 Å². The standard InChI is InChI=1S/C11H10N4O/c1-8-14-11(16-15-8)7-13-10-5-3-2-4-9(10)6-12/h2-5,13H,7H2,1H3. The minimum Gasteiger partial charge on any atom is -0.375 e. The van der Waals surface area contributed by atoms with Crippen molar-refractivity contribution in [3.05, 3.63) is 41.5 Å². The highest BCUT2D eigenvalue weighted by atomic mass is 16.5. The Bertz CT molecular complexity index is 527. The molecule has 16 heavy (non-hydrogen) atoms. The third-order valence-corrected chi connectivity index (χ3v) is 2.05. The molecule has 0 spiro atoms. The molecule has 0 aliphatic rings. The number of hydrogen-bond donors (Lipinski definition) is 1. The Balaban J connectivity index is 2.08. The van der Waals surface area contributed by atoms with Crippen LogP contribution in [0.5, 0.6) is 0 Å². The van der Waals surface area contributed by atoms with Crippen LogP contribution in [0.15, 0.2) is 28.8 Å². The van der Waals surface area contributed by atoms with E-state index in [-0.39, 0.29) is 0 Å². The predicted molar refractivity (Wildman–Crippen MR) is 57.5 cm³/mol. The quantitative estimate of drug-likeness (QED) is 0.844. The van der Waals surface area contributed by atoms with Crippen LogP contribution in [-0.2, 0) is 6.54 Å². The van der Waals surface area contributed by atoms with E-state index in [0.717, 1.165) is 5.69 Å². The third kappa shape index (κ3) is 2.17. The Hall–Kier alpha value is -2.35. The average Bonchev–Trinajstić information content (AvgIpc) is 2.73. The van der Waals surface area contributed by atoms with Gasteiger partial charge in [0.1, 0.15) is 6.07 Å². The molecule has 0 aliphatic heterocycles. The number of rotatable bonds is 3. The van der Waals surface area contributed by atoms with E-state index in [1.807, 2.05) is 18.2 Å². The van der Waals surface area contributed by atoms with Gasteiger partial charge in [0, 0.05) is 0 Å². The molecule has 1 aromatic heterocycles. The zero-order valence-corrected chi connectivity index (χ0v) is 8.77. The SMILES string of the molecule is Cc1noc(CNc2ccccc2C#N)n1. The van der Waals surface area contributed by atoms with E-state index in [1.54, 1.807) is 13.0 Å². The van der Waals surface area contributed by atoms with E-state index in [0.29, 0.717) is 23.8 Å². The normalized spacial score (nSPS) is 9.75. The first-order valence-electron chi connectivity index (χ1n) is 4.82. The summed E-state index contributed by atoms with van der Waals surface area (Å²) in [6.45, 7) is 2.18. The molecule has 0 saturated heterocycles. The van der Waals surface area contributed by atoms with Crippen molar-refractivity contribution in [2.45, 2.75) is 13.5 Å². The van der Waals surface area contributed by atoms with E-state index in [9.17, 15) is 0 Å². The molecule has 0 unspecified atom stereocenters. The minimum absolute atomic E-state index is 0.416. The second-order valence-corrected chi connectivity index (χ2v) is 3.25. The van der Waals surface area contributed by atoms with Crippen LogP contribution in [0.2, 0.25) is 0 Å². The van der Waals surface area contributed by atoms with Crippen LogP contribution in [0.25, 0.3) is 0 Å². The van der Waals surface area contributed by atoms with E-state index >= 15 is 0 Å². The number of benzene rings is 1. The molecule has 0 fully saturated rings. The van der Waals surface area contributed by atoms with Crippen LogP contribution < -0.4 is 5.32 Å². The molecule has 2 aromatic rings. The van der Waals surface area contributed by atoms with Crippen molar-refractivity contribution >= 4 is 5.69 Å². The highest BCUT2D eigenvalue weighted by molar-refractivity contribution is 5.56. The maximum atomic E-state index is 8.88. The molecule has 0 saturated carbocycles. The van der Waals surface area contributed by atoms with E-state index in [4.69, 9.17) is 9.78 Å². The number of hydrogen-bond acceptors (Lipinski definition) is 5. The molecule has 1 heterocycles. The topological polar surface area (TPSA) is 74.7 Å². The lowest BCUT2D eigenvalue weighted by Crippen LogP contribution is -2.01. The second kappa shape index (κ2) is 4.45. The van der Waals surface area contributed by atoms with Crippen molar-refractivity contribution in [1.29, 1.82) is 5.26 Å². The van der Waals surface area contributed by atoms with Gasteiger partial charge in [-0.05, 0) is 19.1 Å². The maximum absolute atomic E-state index is 8.88. The maximum Gasteiger partial charge on any atom is 0.245 e. The fourth-order valence-corrected chi connectivity index (χ4v) is 1.32. The number of anilines is 1. The lowest BCUT2D eigenvalue weighted by Gasteiger charge is -2.04. The number of nitriles is 1. The van der Waals surface area contributed by atoms with Crippen molar-refractivity contribution in [3.63, 3.8) is 0 Å². The molecular weight excluding hydrogens is 204 g/mol. The molecule has 1 N–H and O–H groups in total. The summed E-state index contributed by atoms with van der Waals surface area (Å²) in [6, 6.07) is 9.38. The predicted octanol–water partition coefficient (Wildman–Crippen LogP) is 1.86. The fourth-order valence-electron chi connectivity index (χ4n) is 1.32. The summed E-state index contributed by atoms with van der Waals surface area (Å²) >= 11 is 0. The molecule has 5 nitrogen and oxygen atoms in total. The lowest BCUT2D eigenvalue weighted by molar-refractivity contribution is 0.379. The minimum atomic E-state index is 0.416. The molecule has 5 heteroatoms. The summed E-state index contributed by atoms with van der Waals surface area (Å²) < 4.78 is 4.95. The second-order valence-electron chi connectivity index (χ2n) is 3.25. The molecule has 80 valence electrons. The van der Waals surface area contributed by atoms with E-state index in [2.05, 4.69) is 21.5 Å². The monoisotopic (exact) mass is 214 g/mol. The zero-order valence-electron chi connectivity index (χ0n) is 8.77. The van der Waals surface area contributed by atoms with Crippen molar-refractivity contribution in [2.24, 2.45) is 0 Å². The van der Waals surface area contributed by atoms with E-state index < -0.39 is 0 Å². The average molecular weight is 214 g/mol. The molecule has 0 radical (unpaired) electrons. The Morgan fingerprint density at radius 3 is 2.94 bits per heavy atom. The number of nitrogens with one attached hydrogen (secondary N) is 1.